The summed E-state index contributed by atoms with van der Waals surface area (Å²) in [6, 6.07) is 13.3. The molecule has 1 heterocycles. The van der Waals surface area contributed by atoms with E-state index >= 15 is 0 Å². The van der Waals surface area contributed by atoms with Gasteiger partial charge in [-0.3, -0.25) is 4.79 Å². The second-order valence-electron chi connectivity index (χ2n) is 6.26. The molecule has 134 valence electrons. The monoisotopic (exact) mass is 367 g/mol. The van der Waals surface area contributed by atoms with Crippen LogP contribution in [0.2, 0.25) is 0 Å². The maximum Gasteiger partial charge on any atom is 0.252 e. The largest absolute Gasteiger partial charge is 0.474 e. The molecule has 0 radical (unpaired) electrons. The second kappa shape index (κ2) is 8.72. The number of ether oxygens (including phenoxy) is 1. The zero-order valence-corrected chi connectivity index (χ0v) is 15.5. The number of nitrogens with one attached hydrogen (secondary N) is 1. The Kier molecular flexibility index (Phi) is 6.13. The number of thioether (sulfide) groups is 1. The van der Waals surface area contributed by atoms with Crippen molar-refractivity contribution in [2.75, 3.05) is 6.26 Å². The Hall–Kier alpha value is -2.52. The third-order valence-electron chi connectivity index (χ3n) is 4.51. The van der Waals surface area contributed by atoms with Gasteiger partial charge in [0, 0.05) is 23.2 Å². The number of benzene rings is 1. The average molecular weight is 367 g/mol. The van der Waals surface area contributed by atoms with Gasteiger partial charge in [0.2, 0.25) is 5.88 Å². The van der Waals surface area contributed by atoms with Crippen molar-refractivity contribution in [3.63, 3.8) is 0 Å². The van der Waals surface area contributed by atoms with Crippen molar-refractivity contribution in [2.24, 2.45) is 0 Å². The molecule has 5 nitrogen and oxygen atoms in total. The van der Waals surface area contributed by atoms with Crippen molar-refractivity contribution in [3.8, 4) is 11.9 Å². The van der Waals surface area contributed by atoms with E-state index in [0.717, 1.165) is 36.1 Å². The maximum atomic E-state index is 12.5. The Morgan fingerprint density at radius 3 is 2.65 bits per heavy atom. The van der Waals surface area contributed by atoms with E-state index in [-0.39, 0.29) is 18.1 Å². The molecule has 0 atom stereocenters. The van der Waals surface area contributed by atoms with Crippen molar-refractivity contribution in [1.29, 1.82) is 5.26 Å². The van der Waals surface area contributed by atoms with Crippen LogP contribution in [-0.2, 0) is 0 Å². The number of aromatic nitrogens is 1. The fraction of sp³-hybridized carbons (Fsp3) is 0.350. The zero-order valence-electron chi connectivity index (χ0n) is 14.6. The molecule has 1 fully saturated rings. The lowest BCUT2D eigenvalue weighted by Crippen LogP contribution is -2.39. The second-order valence-corrected chi connectivity index (χ2v) is 7.11. The molecule has 26 heavy (non-hydrogen) atoms. The first-order chi connectivity index (χ1) is 12.7. The highest BCUT2D eigenvalue weighted by Gasteiger charge is 2.24. The number of rotatable bonds is 5. The molecule has 1 aliphatic rings. The first-order valence-electron chi connectivity index (χ1n) is 8.66. The van der Waals surface area contributed by atoms with Gasteiger partial charge in [0.1, 0.15) is 12.2 Å². The number of amides is 1. The van der Waals surface area contributed by atoms with Gasteiger partial charge in [-0.2, -0.15) is 5.26 Å². The lowest BCUT2D eigenvalue weighted by molar-refractivity contribution is 0.0887. The molecule has 1 aromatic heterocycles. The highest BCUT2D eigenvalue weighted by molar-refractivity contribution is 7.98. The number of nitriles is 1. The molecular weight excluding hydrogens is 346 g/mol. The molecule has 0 aliphatic heterocycles. The summed E-state index contributed by atoms with van der Waals surface area (Å²) in [5.74, 6) is 0.540. The van der Waals surface area contributed by atoms with E-state index in [1.54, 1.807) is 23.9 Å². The summed E-state index contributed by atoms with van der Waals surface area (Å²) >= 11 is 1.58. The Morgan fingerprint density at radius 2 is 2.00 bits per heavy atom. The summed E-state index contributed by atoms with van der Waals surface area (Å²) in [7, 11) is 0. The van der Waals surface area contributed by atoms with Gasteiger partial charge >= 0.3 is 0 Å². The minimum absolute atomic E-state index is 0.00641. The molecule has 0 unspecified atom stereocenters. The lowest BCUT2D eigenvalue weighted by atomic mass is 9.92. The molecule has 0 saturated heterocycles. The predicted molar refractivity (Wildman–Crippen MR) is 101 cm³/mol. The summed E-state index contributed by atoms with van der Waals surface area (Å²) in [6.45, 7) is 0. The van der Waals surface area contributed by atoms with E-state index in [1.165, 1.54) is 6.20 Å². The number of pyridine rings is 1. The molecule has 1 aliphatic carbocycles. The fourth-order valence-corrected chi connectivity index (χ4v) is 3.70. The third kappa shape index (κ3) is 4.55. The minimum atomic E-state index is -0.00641. The van der Waals surface area contributed by atoms with Crippen LogP contribution in [0.5, 0.6) is 5.88 Å². The minimum Gasteiger partial charge on any atom is -0.474 e. The number of nitrogens with zero attached hydrogens (tertiary/aromatic N) is 2. The zero-order chi connectivity index (χ0) is 18.4. The molecule has 1 amide bonds. The van der Waals surface area contributed by atoms with Crippen molar-refractivity contribution < 1.29 is 9.53 Å². The van der Waals surface area contributed by atoms with Gasteiger partial charge in [-0.25, -0.2) is 4.98 Å². The summed E-state index contributed by atoms with van der Waals surface area (Å²) in [5, 5.41) is 11.9. The van der Waals surface area contributed by atoms with Gasteiger partial charge in [0.25, 0.3) is 5.91 Å². The first-order valence-corrected chi connectivity index (χ1v) is 9.88. The number of hydrogen-bond acceptors (Lipinski definition) is 5. The molecule has 6 heteroatoms. The van der Waals surface area contributed by atoms with E-state index in [1.807, 2.05) is 36.6 Å². The van der Waals surface area contributed by atoms with Crippen LogP contribution in [-0.4, -0.2) is 29.3 Å². The van der Waals surface area contributed by atoms with Crippen molar-refractivity contribution in [2.45, 2.75) is 42.7 Å². The average Bonchev–Trinajstić information content (AvgIpc) is 2.70. The normalized spacial score (nSPS) is 19.4. The summed E-state index contributed by atoms with van der Waals surface area (Å²) < 4.78 is 5.89. The molecule has 1 N–H and O–H groups in total. The van der Waals surface area contributed by atoms with Gasteiger partial charge in [-0.15, -0.1) is 11.8 Å². The van der Waals surface area contributed by atoms with Crippen LogP contribution >= 0.6 is 11.8 Å². The number of carbonyl (C=O) groups excluding carboxylic acids is 1. The van der Waals surface area contributed by atoms with Crippen molar-refractivity contribution in [1.82, 2.24) is 10.3 Å². The highest BCUT2D eigenvalue weighted by Crippen LogP contribution is 2.24. The van der Waals surface area contributed by atoms with Crippen molar-refractivity contribution in [3.05, 3.63) is 53.7 Å². The Morgan fingerprint density at radius 1 is 1.23 bits per heavy atom. The van der Waals surface area contributed by atoms with E-state index in [4.69, 9.17) is 10.00 Å². The van der Waals surface area contributed by atoms with Crippen LogP contribution in [0.4, 0.5) is 0 Å². The molecule has 3 rings (SSSR count). The van der Waals surface area contributed by atoms with Crippen LogP contribution in [0.15, 0.2) is 47.5 Å². The summed E-state index contributed by atoms with van der Waals surface area (Å²) in [5.41, 5.74) is 1.26. The molecule has 1 aromatic carbocycles. The van der Waals surface area contributed by atoms with E-state index in [9.17, 15) is 4.79 Å². The molecule has 0 bridgehead atoms. The van der Waals surface area contributed by atoms with E-state index in [2.05, 4.69) is 10.3 Å². The Labute approximate surface area is 157 Å². The van der Waals surface area contributed by atoms with Crippen LogP contribution < -0.4 is 10.1 Å². The fourth-order valence-electron chi connectivity index (χ4n) is 3.11. The molecular formula is C20H21N3O2S. The molecule has 1 saturated carbocycles. The highest BCUT2D eigenvalue weighted by atomic mass is 32.2. The van der Waals surface area contributed by atoms with Crippen molar-refractivity contribution >= 4 is 17.7 Å². The van der Waals surface area contributed by atoms with Crippen LogP contribution in [0.25, 0.3) is 0 Å². The summed E-state index contributed by atoms with van der Waals surface area (Å²) in [6.07, 6.45) is 7.11. The maximum absolute atomic E-state index is 12.5. The summed E-state index contributed by atoms with van der Waals surface area (Å²) in [4.78, 5) is 17.7. The van der Waals surface area contributed by atoms with E-state index in [0.29, 0.717) is 11.4 Å². The quantitative estimate of drug-likeness (QED) is 0.814. The lowest BCUT2D eigenvalue weighted by Gasteiger charge is -2.29. The third-order valence-corrected chi connectivity index (χ3v) is 5.31. The molecule has 0 spiro atoms. The first kappa shape index (κ1) is 18.3. The van der Waals surface area contributed by atoms with Gasteiger partial charge in [-0.1, -0.05) is 12.1 Å². The standard InChI is InChI=1S/C20H21N3O2S/c1-26-18-5-3-2-4-17(18)20(24)23-15-7-9-16(10-8-15)25-19-11-6-14(12-21)13-22-19/h2-6,11,13,15-16H,7-10H2,1H3,(H,23,24). The van der Waals surface area contributed by atoms with Crippen LogP contribution in [0.3, 0.4) is 0 Å². The van der Waals surface area contributed by atoms with Gasteiger partial charge in [0.05, 0.1) is 11.1 Å². The number of carbonyl (C=O) groups is 1. The SMILES string of the molecule is CSc1ccccc1C(=O)NC1CCC(Oc2ccc(C#N)cn2)CC1. The van der Waals surface area contributed by atoms with Gasteiger partial charge in [-0.05, 0) is 50.1 Å². The topological polar surface area (TPSA) is 75.0 Å². The van der Waals surface area contributed by atoms with Crippen LogP contribution in [0.1, 0.15) is 41.6 Å². The van der Waals surface area contributed by atoms with Gasteiger partial charge < -0.3 is 10.1 Å². The van der Waals surface area contributed by atoms with Crippen LogP contribution in [0, 0.1) is 11.3 Å². The predicted octanol–water partition coefficient (Wildman–Crippen LogP) is 3.80. The van der Waals surface area contributed by atoms with Gasteiger partial charge in [0.15, 0.2) is 0 Å². The number of hydrogen-bond donors (Lipinski definition) is 1. The Bertz CT molecular complexity index is 793. The van der Waals surface area contributed by atoms with E-state index < -0.39 is 0 Å². The Balaban J connectivity index is 1.50. The molecule has 2 aromatic rings. The smallest absolute Gasteiger partial charge is 0.252 e.